The summed E-state index contributed by atoms with van der Waals surface area (Å²) in [6.45, 7) is 2.10. The van der Waals surface area contributed by atoms with E-state index in [9.17, 15) is 10.1 Å². The Morgan fingerprint density at radius 1 is 1.25 bits per heavy atom. The summed E-state index contributed by atoms with van der Waals surface area (Å²) < 4.78 is 11.5. The number of carbonyl (C=O) groups is 1. The van der Waals surface area contributed by atoms with Gasteiger partial charge in [-0.05, 0) is 36.2 Å². The molecule has 0 saturated heterocycles. The molecule has 9 heteroatoms. The second-order valence-corrected chi connectivity index (χ2v) is 9.41. The van der Waals surface area contributed by atoms with Gasteiger partial charge in [-0.25, -0.2) is 0 Å². The molecule has 4 rings (SSSR count). The molecule has 2 aromatic heterocycles. The third-order valence-electron chi connectivity index (χ3n) is 4.29. The summed E-state index contributed by atoms with van der Waals surface area (Å²) >= 11 is 14.5. The minimum Gasteiger partial charge on any atom is -0.454 e. The lowest BCUT2D eigenvalue weighted by molar-refractivity contribution is 0.102. The summed E-state index contributed by atoms with van der Waals surface area (Å²) in [5.74, 6) is 1.05. The maximum Gasteiger partial charge on any atom is 0.258 e. The molecular weight excluding hydrogens is 439 g/mol. The van der Waals surface area contributed by atoms with E-state index in [1.54, 1.807) is 0 Å². The van der Waals surface area contributed by atoms with Crippen molar-refractivity contribution in [2.75, 3.05) is 12.1 Å². The van der Waals surface area contributed by atoms with Crippen molar-refractivity contribution in [2.45, 2.75) is 13.3 Å². The van der Waals surface area contributed by atoms with E-state index in [1.165, 1.54) is 17.4 Å². The van der Waals surface area contributed by atoms with Crippen LogP contribution in [0.4, 0.5) is 5.00 Å². The van der Waals surface area contributed by atoms with Crippen molar-refractivity contribution in [3.63, 3.8) is 0 Å². The monoisotopic (exact) mass is 450 g/mol. The second kappa shape index (κ2) is 7.64. The van der Waals surface area contributed by atoms with Crippen molar-refractivity contribution in [3.05, 3.63) is 60.1 Å². The molecule has 1 N–H and O–H groups in total. The number of rotatable bonds is 4. The van der Waals surface area contributed by atoms with E-state index >= 15 is 0 Å². The second-order valence-electron chi connectivity index (χ2n) is 6.02. The number of fused-ring (bicyclic) bond motifs is 1. The van der Waals surface area contributed by atoms with Crippen LogP contribution in [0.2, 0.25) is 8.67 Å². The van der Waals surface area contributed by atoms with Crippen molar-refractivity contribution in [1.29, 1.82) is 5.26 Å². The Balaban J connectivity index is 1.60. The number of anilines is 1. The van der Waals surface area contributed by atoms with Gasteiger partial charge in [0, 0.05) is 11.3 Å². The van der Waals surface area contributed by atoms with Gasteiger partial charge >= 0.3 is 0 Å². The van der Waals surface area contributed by atoms with Crippen LogP contribution < -0.4 is 14.8 Å². The number of halogens is 2. The molecule has 5 nitrogen and oxygen atoms in total. The van der Waals surface area contributed by atoms with Crippen LogP contribution in [0, 0.1) is 18.3 Å². The van der Waals surface area contributed by atoms with E-state index in [0.29, 0.717) is 37.0 Å². The lowest BCUT2D eigenvalue weighted by Gasteiger charge is -2.03. The molecule has 0 unspecified atom stereocenters. The molecule has 1 aromatic carbocycles. The fourth-order valence-corrected chi connectivity index (χ4v) is 5.50. The number of nitriles is 1. The molecule has 0 aliphatic carbocycles. The van der Waals surface area contributed by atoms with E-state index in [-0.39, 0.29) is 12.7 Å². The van der Waals surface area contributed by atoms with Gasteiger partial charge in [-0.3, -0.25) is 4.79 Å². The van der Waals surface area contributed by atoms with Gasteiger partial charge in [0.05, 0.1) is 15.5 Å². The first-order valence-electron chi connectivity index (χ1n) is 8.13. The van der Waals surface area contributed by atoms with Gasteiger partial charge in [-0.15, -0.1) is 22.7 Å². The highest BCUT2D eigenvalue weighted by molar-refractivity contribution is 7.20. The fraction of sp³-hybridized carbons (Fsp3) is 0.158. The van der Waals surface area contributed by atoms with Crippen LogP contribution in [0.25, 0.3) is 0 Å². The van der Waals surface area contributed by atoms with Gasteiger partial charge < -0.3 is 14.8 Å². The third-order valence-corrected chi connectivity index (χ3v) is 6.98. The van der Waals surface area contributed by atoms with Crippen LogP contribution >= 0.6 is 45.9 Å². The molecule has 3 heterocycles. The summed E-state index contributed by atoms with van der Waals surface area (Å²) in [6, 6.07) is 9.46. The molecule has 0 atom stereocenters. The van der Waals surface area contributed by atoms with Crippen molar-refractivity contribution in [2.24, 2.45) is 0 Å². The Bertz CT molecular complexity index is 1130. The largest absolute Gasteiger partial charge is 0.454 e. The third kappa shape index (κ3) is 3.56. The number of nitrogens with zero attached hydrogens (tertiary/aromatic N) is 1. The Hall–Kier alpha value is -2.24. The van der Waals surface area contributed by atoms with Gasteiger partial charge in [-0.1, -0.05) is 29.3 Å². The summed E-state index contributed by atoms with van der Waals surface area (Å²) in [5, 5.41) is 12.9. The average molecular weight is 451 g/mol. The molecule has 1 aliphatic rings. The number of carbonyl (C=O) groups excluding carboxylic acids is 1. The molecule has 28 heavy (non-hydrogen) atoms. The van der Waals surface area contributed by atoms with Crippen LogP contribution in [-0.2, 0) is 6.42 Å². The first kappa shape index (κ1) is 19.1. The van der Waals surface area contributed by atoms with Crippen molar-refractivity contribution >= 4 is 56.8 Å². The van der Waals surface area contributed by atoms with E-state index in [4.69, 9.17) is 32.7 Å². The van der Waals surface area contributed by atoms with E-state index in [2.05, 4.69) is 11.4 Å². The van der Waals surface area contributed by atoms with Crippen LogP contribution in [0.3, 0.4) is 0 Å². The Kier molecular flexibility index (Phi) is 5.21. The zero-order valence-corrected chi connectivity index (χ0v) is 17.6. The van der Waals surface area contributed by atoms with E-state index < -0.39 is 0 Å². The van der Waals surface area contributed by atoms with Gasteiger partial charge in [0.1, 0.15) is 15.4 Å². The SMILES string of the molecule is Cc1c(Cc2ccc3c(c2)OCO3)sc(NC(=O)c2cc(Cl)sc2Cl)c1C#N. The van der Waals surface area contributed by atoms with Crippen LogP contribution in [-0.4, -0.2) is 12.7 Å². The summed E-state index contributed by atoms with van der Waals surface area (Å²) in [7, 11) is 0. The average Bonchev–Trinajstić information content (AvgIpc) is 3.33. The number of hydrogen-bond donors (Lipinski definition) is 1. The van der Waals surface area contributed by atoms with E-state index in [1.807, 2.05) is 25.1 Å². The molecule has 3 aromatic rings. The first-order chi connectivity index (χ1) is 13.5. The molecule has 0 fully saturated rings. The van der Waals surface area contributed by atoms with E-state index in [0.717, 1.165) is 33.1 Å². The summed E-state index contributed by atoms with van der Waals surface area (Å²) in [6.07, 6.45) is 0.614. The highest BCUT2D eigenvalue weighted by Crippen LogP contribution is 2.38. The predicted molar refractivity (Wildman–Crippen MR) is 111 cm³/mol. The highest BCUT2D eigenvalue weighted by Gasteiger charge is 2.21. The number of hydrogen-bond acceptors (Lipinski definition) is 6. The highest BCUT2D eigenvalue weighted by atomic mass is 35.5. The number of benzene rings is 1. The normalized spacial score (nSPS) is 12.1. The quantitative estimate of drug-likeness (QED) is 0.539. The molecule has 0 spiro atoms. The van der Waals surface area contributed by atoms with Gasteiger partial charge in [0.15, 0.2) is 11.5 Å². The minimum absolute atomic E-state index is 0.223. The molecular formula is C19H12Cl2N2O3S2. The topological polar surface area (TPSA) is 71.3 Å². The number of amides is 1. The maximum atomic E-state index is 12.5. The molecule has 1 amide bonds. The van der Waals surface area contributed by atoms with Crippen molar-refractivity contribution < 1.29 is 14.3 Å². The zero-order chi connectivity index (χ0) is 19.8. The standard InChI is InChI=1S/C19H12Cl2N2O3S2/c1-9-12(7-22)19(23-18(24)11-6-16(20)28-17(11)21)27-15(9)5-10-2-3-13-14(4-10)26-8-25-13/h2-4,6H,5,8H2,1H3,(H,23,24). The zero-order valence-electron chi connectivity index (χ0n) is 14.5. The molecule has 1 aliphatic heterocycles. The number of thiophene rings is 2. The Labute approximate surface area is 179 Å². The molecule has 0 bridgehead atoms. The van der Waals surface area contributed by atoms with Crippen LogP contribution in [0.15, 0.2) is 24.3 Å². The van der Waals surface area contributed by atoms with Crippen molar-refractivity contribution in [1.82, 2.24) is 0 Å². The molecule has 142 valence electrons. The molecule has 0 saturated carbocycles. The van der Waals surface area contributed by atoms with Crippen molar-refractivity contribution in [3.8, 4) is 17.6 Å². The van der Waals surface area contributed by atoms with Crippen LogP contribution in [0.1, 0.15) is 31.9 Å². The van der Waals surface area contributed by atoms with Gasteiger partial charge in [-0.2, -0.15) is 5.26 Å². The summed E-state index contributed by atoms with van der Waals surface area (Å²) in [4.78, 5) is 13.5. The fourth-order valence-electron chi connectivity index (χ4n) is 2.85. The lowest BCUT2D eigenvalue weighted by atomic mass is 10.1. The summed E-state index contributed by atoms with van der Waals surface area (Å²) in [5.41, 5.74) is 2.62. The first-order valence-corrected chi connectivity index (χ1v) is 10.5. The number of ether oxygens (including phenoxy) is 2. The smallest absolute Gasteiger partial charge is 0.258 e. The maximum absolute atomic E-state index is 12.5. The minimum atomic E-state index is -0.388. The van der Waals surface area contributed by atoms with Gasteiger partial charge in [0.2, 0.25) is 6.79 Å². The number of nitrogens with one attached hydrogen (secondary N) is 1. The Morgan fingerprint density at radius 3 is 2.75 bits per heavy atom. The van der Waals surface area contributed by atoms with Crippen LogP contribution in [0.5, 0.6) is 11.5 Å². The Morgan fingerprint density at radius 2 is 2.04 bits per heavy atom. The lowest BCUT2D eigenvalue weighted by Crippen LogP contribution is -2.11. The predicted octanol–water partition coefficient (Wildman–Crippen LogP) is 5.87. The van der Waals surface area contributed by atoms with Gasteiger partial charge in [0.25, 0.3) is 5.91 Å². The molecule has 0 radical (unpaired) electrons.